The molecular weight excluding hydrogens is 402 g/mol. The highest BCUT2D eigenvalue weighted by Crippen LogP contribution is 2.31. The lowest BCUT2D eigenvalue weighted by molar-refractivity contribution is -0.161. The van der Waals surface area contributed by atoms with E-state index in [1.165, 1.54) is 0 Å². The summed E-state index contributed by atoms with van der Waals surface area (Å²) in [6.07, 6.45) is 2.61. The third kappa shape index (κ3) is 5.51. The van der Waals surface area contributed by atoms with Crippen molar-refractivity contribution >= 4 is 11.8 Å². The molecule has 1 fully saturated rings. The number of hydrogen-bond acceptors (Lipinski definition) is 6. The number of carbonyl (C=O) groups is 1. The van der Waals surface area contributed by atoms with Crippen molar-refractivity contribution in [3.8, 4) is 22.5 Å². The van der Waals surface area contributed by atoms with Gasteiger partial charge in [0.05, 0.1) is 23.7 Å². The van der Waals surface area contributed by atoms with Crippen LogP contribution in [-0.4, -0.2) is 47.3 Å². The zero-order valence-corrected chi connectivity index (χ0v) is 18.8. The number of aromatic nitrogens is 2. The van der Waals surface area contributed by atoms with E-state index < -0.39 is 5.60 Å². The van der Waals surface area contributed by atoms with Gasteiger partial charge in [-0.1, -0.05) is 60.7 Å². The van der Waals surface area contributed by atoms with Crippen LogP contribution in [0.15, 0.2) is 66.9 Å². The summed E-state index contributed by atoms with van der Waals surface area (Å²) in [5, 5.41) is 0. The van der Waals surface area contributed by atoms with Crippen molar-refractivity contribution in [1.29, 1.82) is 0 Å². The molecule has 0 N–H and O–H groups in total. The van der Waals surface area contributed by atoms with Gasteiger partial charge in [-0.2, -0.15) is 0 Å². The lowest BCUT2D eigenvalue weighted by atomic mass is 10.0. The minimum Gasteiger partial charge on any atom is -0.458 e. The predicted octanol–water partition coefficient (Wildman–Crippen LogP) is 4.75. The molecule has 1 aliphatic heterocycles. The van der Waals surface area contributed by atoms with E-state index in [0.29, 0.717) is 6.54 Å². The summed E-state index contributed by atoms with van der Waals surface area (Å²) in [5.41, 5.74) is 3.26. The second kappa shape index (κ2) is 9.49. The standard InChI is InChI=1S/C26H29N3O3/c1-26(2,3)32-23(30)18-31-21-14-15-29(17-21)22-16-27-24(19-10-6-4-7-11-19)25(28-22)20-12-8-5-9-13-20/h4-13,16,21H,14-15,17-18H2,1-3H3. The maximum Gasteiger partial charge on any atom is 0.332 e. The fourth-order valence-electron chi connectivity index (χ4n) is 3.77. The molecule has 1 aliphatic rings. The zero-order valence-electron chi connectivity index (χ0n) is 18.8. The van der Waals surface area contributed by atoms with E-state index in [0.717, 1.165) is 41.3 Å². The van der Waals surface area contributed by atoms with E-state index in [1.807, 2.05) is 75.5 Å². The van der Waals surface area contributed by atoms with Gasteiger partial charge >= 0.3 is 5.97 Å². The van der Waals surface area contributed by atoms with Crippen molar-refractivity contribution < 1.29 is 14.3 Å². The first-order valence-electron chi connectivity index (χ1n) is 11.0. The Balaban J connectivity index is 1.51. The summed E-state index contributed by atoms with van der Waals surface area (Å²) in [6.45, 7) is 6.98. The van der Waals surface area contributed by atoms with Gasteiger partial charge in [0.1, 0.15) is 18.0 Å². The molecule has 4 rings (SSSR count). The Labute approximate surface area is 189 Å². The van der Waals surface area contributed by atoms with Crippen LogP contribution in [-0.2, 0) is 14.3 Å². The molecule has 0 aliphatic carbocycles. The van der Waals surface area contributed by atoms with Crippen LogP contribution in [0.5, 0.6) is 0 Å². The van der Waals surface area contributed by atoms with E-state index in [2.05, 4.69) is 17.0 Å². The summed E-state index contributed by atoms with van der Waals surface area (Å²) < 4.78 is 11.1. The molecule has 0 bridgehead atoms. The second-order valence-electron chi connectivity index (χ2n) is 8.91. The summed E-state index contributed by atoms with van der Waals surface area (Å²) in [6, 6.07) is 20.2. The van der Waals surface area contributed by atoms with Crippen LogP contribution >= 0.6 is 0 Å². The molecule has 6 nitrogen and oxygen atoms in total. The molecule has 1 atom stereocenters. The molecule has 0 amide bonds. The highest BCUT2D eigenvalue weighted by atomic mass is 16.6. The second-order valence-corrected chi connectivity index (χ2v) is 8.91. The van der Waals surface area contributed by atoms with Gasteiger partial charge in [0, 0.05) is 24.2 Å². The van der Waals surface area contributed by atoms with Crippen LogP contribution in [0.2, 0.25) is 0 Å². The Morgan fingerprint density at radius 3 is 2.25 bits per heavy atom. The first-order chi connectivity index (χ1) is 15.4. The van der Waals surface area contributed by atoms with Gasteiger partial charge < -0.3 is 14.4 Å². The third-order valence-electron chi connectivity index (χ3n) is 5.18. The molecule has 1 saturated heterocycles. The molecule has 32 heavy (non-hydrogen) atoms. The Morgan fingerprint density at radius 1 is 1.00 bits per heavy atom. The highest BCUT2D eigenvalue weighted by Gasteiger charge is 2.27. The van der Waals surface area contributed by atoms with Gasteiger partial charge in [0.15, 0.2) is 0 Å². The molecule has 0 spiro atoms. The molecule has 6 heteroatoms. The van der Waals surface area contributed by atoms with Crippen molar-refractivity contribution in [1.82, 2.24) is 9.97 Å². The van der Waals surface area contributed by atoms with E-state index in [4.69, 9.17) is 19.4 Å². The van der Waals surface area contributed by atoms with Crippen LogP contribution in [0.3, 0.4) is 0 Å². The third-order valence-corrected chi connectivity index (χ3v) is 5.18. The normalized spacial score (nSPS) is 16.2. The number of esters is 1. The minimum atomic E-state index is -0.508. The average molecular weight is 432 g/mol. The van der Waals surface area contributed by atoms with E-state index in [-0.39, 0.29) is 18.7 Å². The van der Waals surface area contributed by atoms with Crippen molar-refractivity contribution in [2.24, 2.45) is 0 Å². The predicted molar refractivity (Wildman–Crippen MR) is 125 cm³/mol. The number of ether oxygens (including phenoxy) is 2. The van der Waals surface area contributed by atoms with Gasteiger partial charge in [0.25, 0.3) is 0 Å². The van der Waals surface area contributed by atoms with Crippen LogP contribution in [0.4, 0.5) is 5.82 Å². The first-order valence-corrected chi connectivity index (χ1v) is 11.0. The Bertz CT molecular complexity index is 1050. The number of hydrogen-bond donors (Lipinski definition) is 0. The maximum atomic E-state index is 12.0. The molecule has 3 aromatic rings. The molecule has 166 valence electrons. The molecule has 1 unspecified atom stereocenters. The van der Waals surface area contributed by atoms with Crippen molar-refractivity contribution in [2.75, 3.05) is 24.6 Å². The average Bonchev–Trinajstić information content (AvgIpc) is 3.27. The number of benzene rings is 2. The summed E-state index contributed by atoms with van der Waals surface area (Å²) in [5.74, 6) is 0.473. The van der Waals surface area contributed by atoms with Gasteiger partial charge in [-0.05, 0) is 27.2 Å². The van der Waals surface area contributed by atoms with E-state index in [1.54, 1.807) is 0 Å². The van der Waals surface area contributed by atoms with Gasteiger partial charge in [-0.15, -0.1) is 0 Å². The van der Waals surface area contributed by atoms with Gasteiger partial charge in [-0.3, -0.25) is 4.98 Å². The van der Waals surface area contributed by atoms with Crippen LogP contribution < -0.4 is 4.90 Å². The Kier molecular flexibility index (Phi) is 6.51. The fraction of sp³-hybridized carbons (Fsp3) is 0.346. The van der Waals surface area contributed by atoms with Crippen LogP contribution in [0, 0.1) is 0 Å². The maximum absolute atomic E-state index is 12.0. The fourth-order valence-corrected chi connectivity index (χ4v) is 3.77. The lowest BCUT2D eigenvalue weighted by Gasteiger charge is -2.21. The van der Waals surface area contributed by atoms with Gasteiger partial charge in [0.2, 0.25) is 0 Å². The number of rotatable bonds is 6. The van der Waals surface area contributed by atoms with Crippen molar-refractivity contribution in [3.05, 3.63) is 66.9 Å². The number of nitrogens with zero attached hydrogens (tertiary/aromatic N) is 3. The Morgan fingerprint density at radius 2 is 1.62 bits per heavy atom. The largest absolute Gasteiger partial charge is 0.458 e. The summed E-state index contributed by atoms with van der Waals surface area (Å²) in [4.78, 5) is 23.9. The molecule has 0 radical (unpaired) electrons. The van der Waals surface area contributed by atoms with Crippen LogP contribution in [0.1, 0.15) is 27.2 Å². The summed E-state index contributed by atoms with van der Waals surface area (Å²) >= 11 is 0. The smallest absolute Gasteiger partial charge is 0.332 e. The highest BCUT2D eigenvalue weighted by molar-refractivity contribution is 5.78. The zero-order chi connectivity index (χ0) is 22.6. The topological polar surface area (TPSA) is 64.6 Å². The monoisotopic (exact) mass is 431 g/mol. The molecule has 2 aromatic carbocycles. The quantitative estimate of drug-likeness (QED) is 0.525. The molecule has 1 aromatic heterocycles. The van der Waals surface area contributed by atoms with Crippen molar-refractivity contribution in [3.63, 3.8) is 0 Å². The molecular formula is C26H29N3O3. The van der Waals surface area contributed by atoms with Gasteiger partial charge in [-0.25, -0.2) is 9.78 Å². The number of carbonyl (C=O) groups excluding carboxylic acids is 1. The van der Waals surface area contributed by atoms with Crippen LogP contribution in [0.25, 0.3) is 22.5 Å². The lowest BCUT2D eigenvalue weighted by Crippen LogP contribution is -2.29. The molecule has 0 saturated carbocycles. The van der Waals surface area contributed by atoms with Crippen molar-refractivity contribution in [2.45, 2.75) is 38.9 Å². The van der Waals surface area contributed by atoms with E-state index in [9.17, 15) is 4.79 Å². The first kappa shape index (κ1) is 22.0. The minimum absolute atomic E-state index is 0.0380. The number of anilines is 1. The molecule has 2 heterocycles. The van der Waals surface area contributed by atoms with E-state index >= 15 is 0 Å². The Hall–Kier alpha value is -3.25. The SMILES string of the molecule is CC(C)(C)OC(=O)COC1CCN(c2cnc(-c3ccccc3)c(-c3ccccc3)n2)C1. The summed E-state index contributed by atoms with van der Waals surface area (Å²) in [7, 11) is 0.